The van der Waals surface area contributed by atoms with Crippen LogP contribution in [-0.4, -0.2) is 82.3 Å². The lowest BCUT2D eigenvalue weighted by Crippen LogP contribution is -2.43. The molecule has 0 amide bonds. The Hall–Kier alpha value is -3.44. The molecule has 1 fully saturated rings. The number of aromatic nitrogens is 2. The number of hydrogen-bond donors (Lipinski definition) is 3. The number of carboxylic acids is 1. The molecule has 1 unspecified atom stereocenters. The Labute approximate surface area is 235 Å². The minimum absolute atomic E-state index is 0.0242. The summed E-state index contributed by atoms with van der Waals surface area (Å²) < 4.78 is 84.1. The largest absolute Gasteiger partial charge is 0.575 e. The van der Waals surface area contributed by atoms with Gasteiger partial charge >= 0.3 is 19.8 Å². The first-order valence-corrected chi connectivity index (χ1v) is 13.0. The molecule has 1 aromatic carbocycles. The maximum absolute atomic E-state index is 15.2. The molecule has 19 heteroatoms. The topological polar surface area (TPSA) is 185 Å². The summed E-state index contributed by atoms with van der Waals surface area (Å²) in [6.07, 6.45) is -8.73. The lowest BCUT2D eigenvalue weighted by atomic mass is 9.98. The van der Waals surface area contributed by atoms with E-state index in [1.807, 2.05) is 4.98 Å². The van der Waals surface area contributed by atoms with E-state index in [1.54, 1.807) is 12.1 Å². The van der Waals surface area contributed by atoms with E-state index in [-0.39, 0.29) is 18.1 Å². The average Bonchev–Trinajstić information content (AvgIpc) is 3.11. The van der Waals surface area contributed by atoms with E-state index in [2.05, 4.69) is 9.48 Å². The number of para-hydroxylation sites is 2. The summed E-state index contributed by atoms with van der Waals surface area (Å²) in [5.41, 5.74) is -3.98. The van der Waals surface area contributed by atoms with E-state index in [9.17, 15) is 41.9 Å². The van der Waals surface area contributed by atoms with Crippen LogP contribution in [0.1, 0.15) is 20.1 Å². The molecule has 0 aliphatic carbocycles. The third-order valence-electron chi connectivity index (χ3n) is 5.36. The van der Waals surface area contributed by atoms with E-state index in [0.717, 1.165) is 23.8 Å². The quantitative estimate of drug-likeness (QED) is 0.231. The van der Waals surface area contributed by atoms with Crippen molar-refractivity contribution in [1.29, 1.82) is 0 Å². The van der Waals surface area contributed by atoms with E-state index < -0.39 is 81.6 Å². The van der Waals surface area contributed by atoms with Gasteiger partial charge in [-0.15, -0.1) is 0 Å². The average molecular weight is 631 g/mol. The number of aliphatic hydroxyl groups excluding tert-OH is 1. The fourth-order valence-electron chi connectivity index (χ4n) is 3.32. The number of alkyl halides is 5. The van der Waals surface area contributed by atoms with Crippen LogP contribution < -0.4 is 25.4 Å². The highest BCUT2D eigenvalue weighted by Gasteiger charge is 2.55. The van der Waals surface area contributed by atoms with E-state index in [1.165, 1.54) is 19.1 Å². The normalized spacial score (nSPS) is 22.9. The van der Waals surface area contributed by atoms with Gasteiger partial charge in [0.25, 0.3) is 18.4 Å². The zero-order chi connectivity index (χ0) is 31.6. The van der Waals surface area contributed by atoms with Gasteiger partial charge in [0.2, 0.25) is 5.75 Å². The molecule has 0 radical (unpaired) electrons. The van der Waals surface area contributed by atoms with Crippen LogP contribution in [0.3, 0.4) is 0 Å². The van der Waals surface area contributed by atoms with E-state index in [0.29, 0.717) is 0 Å². The number of aliphatic carboxylic acids is 1. The highest BCUT2D eigenvalue weighted by atomic mass is 31.1. The number of aromatic amines is 1. The van der Waals surface area contributed by atoms with Crippen molar-refractivity contribution in [3.63, 3.8) is 0 Å². The Morgan fingerprint density at radius 2 is 1.79 bits per heavy atom. The first-order chi connectivity index (χ1) is 19.6. The van der Waals surface area contributed by atoms with E-state index in [4.69, 9.17) is 19.1 Å². The SMILES string of the molecule is C[C@H](N=[P+]([O-])Oc1ccccc1OC[C@H]1O[C@@H](n2ccc(=O)[nH]c2=O)[C@](C)(F)[C@@H]1O)C(=O)O.FC(F)COCC(F)F. The number of halogens is 5. The van der Waals surface area contributed by atoms with Crippen LogP contribution in [0.15, 0.2) is 50.9 Å². The Morgan fingerprint density at radius 3 is 2.33 bits per heavy atom. The van der Waals surface area contributed by atoms with Crippen molar-refractivity contribution in [3.05, 3.63) is 57.4 Å². The van der Waals surface area contributed by atoms with Crippen molar-refractivity contribution in [2.24, 2.45) is 4.74 Å². The zero-order valence-electron chi connectivity index (χ0n) is 21.9. The summed E-state index contributed by atoms with van der Waals surface area (Å²) in [4.78, 5) is 48.1. The van der Waals surface area contributed by atoms with Crippen LogP contribution in [0.5, 0.6) is 11.5 Å². The molecule has 0 bridgehead atoms. The maximum Gasteiger partial charge on any atom is 0.395 e. The van der Waals surface area contributed by atoms with Crippen LogP contribution >= 0.6 is 8.17 Å². The summed E-state index contributed by atoms with van der Waals surface area (Å²) >= 11 is 0. The fourth-order valence-corrected chi connectivity index (χ4v) is 4.07. The summed E-state index contributed by atoms with van der Waals surface area (Å²) in [5.74, 6) is -1.24. The molecule has 1 aliphatic rings. The predicted octanol–water partition coefficient (Wildman–Crippen LogP) is 1.84. The Bertz CT molecular complexity index is 1320. The highest BCUT2D eigenvalue weighted by molar-refractivity contribution is 7.34. The second kappa shape index (κ2) is 15.7. The highest BCUT2D eigenvalue weighted by Crippen LogP contribution is 2.41. The number of hydrogen-bond acceptors (Lipinski definition) is 10. The number of benzene rings is 1. The number of carboxylic acid groups (broad SMARTS) is 1. The van der Waals surface area contributed by atoms with Crippen LogP contribution in [0.4, 0.5) is 22.0 Å². The van der Waals surface area contributed by atoms with Crippen molar-refractivity contribution in [3.8, 4) is 11.5 Å². The number of aliphatic hydroxyl groups is 1. The smallest absolute Gasteiger partial charge is 0.395 e. The minimum Gasteiger partial charge on any atom is -0.575 e. The van der Waals surface area contributed by atoms with Crippen molar-refractivity contribution in [2.45, 2.75) is 56.8 Å². The standard InChI is InChI=1S/C19H21FN3O9P.C4H6F4O/c1-10(16(26)27)22-33(29)32-12-6-4-3-5-11(12)30-9-13-15(25)19(2,20)17(31-13)23-8-7-14(24)21-18(23)28;5-3(6)1-9-2-4(7)8/h3-8,10,13,15,17,25H,9H2,1-2H3,(H,26,27)(H,21,24,28);3-4H,1-2H2/t10-,13+,15+,17+,19+;/m0./s1. The third kappa shape index (κ3) is 10.1. The lowest BCUT2D eigenvalue weighted by Gasteiger charge is -2.24. The zero-order valence-corrected chi connectivity index (χ0v) is 22.8. The van der Waals surface area contributed by atoms with Gasteiger partial charge in [0, 0.05) is 12.3 Å². The third-order valence-corrected chi connectivity index (χ3v) is 6.25. The predicted molar refractivity (Wildman–Crippen MR) is 133 cm³/mol. The summed E-state index contributed by atoms with van der Waals surface area (Å²) in [7, 11) is -2.73. The number of nitrogens with zero attached hydrogens (tertiary/aromatic N) is 2. The van der Waals surface area contributed by atoms with Crippen molar-refractivity contribution in [1.82, 2.24) is 9.55 Å². The molecule has 1 saturated heterocycles. The number of ether oxygens (including phenoxy) is 3. The molecule has 2 heterocycles. The molecule has 3 N–H and O–H groups in total. The lowest BCUT2D eigenvalue weighted by molar-refractivity contribution is -0.169. The molecule has 1 aliphatic heterocycles. The van der Waals surface area contributed by atoms with Gasteiger partial charge in [0.1, 0.15) is 32.0 Å². The Kier molecular flexibility index (Phi) is 13.0. The summed E-state index contributed by atoms with van der Waals surface area (Å²) in [5, 5.41) is 19.3. The van der Waals surface area contributed by atoms with Crippen molar-refractivity contribution >= 4 is 14.1 Å². The molecule has 3 rings (SSSR count). The number of H-pyrrole nitrogens is 1. The van der Waals surface area contributed by atoms with Gasteiger partial charge in [-0.05, 0) is 26.0 Å². The maximum atomic E-state index is 15.2. The van der Waals surface area contributed by atoms with Gasteiger partial charge in [-0.25, -0.2) is 31.5 Å². The Morgan fingerprint density at radius 1 is 1.19 bits per heavy atom. The van der Waals surface area contributed by atoms with Gasteiger partial charge in [0.15, 0.2) is 23.7 Å². The number of nitrogens with one attached hydrogen (secondary N) is 1. The first-order valence-electron chi connectivity index (χ1n) is 11.9. The van der Waals surface area contributed by atoms with Gasteiger partial charge in [-0.2, -0.15) is 0 Å². The molecule has 42 heavy (non-hydrogen) atoms. The summed E-state index contributed by atoms with van der Waals surface area (Å²) in [6.45, 7) is 0.0781. The van der Waals surface area contributed by atoms with Gasteiger partial charge in [0.05, 0.1) is 0 Å². The van der Waals surface area contributed by atoms with Crippen LogP contribution in [0.2, 0.25) is 0 Å². The van der Waals surface area contributed by atoms with Crippen molar-refractivity contribution < 1.29 is 60.6 Å². The second-order valence-electron chi connectivity index (χ2n) is 8.68. The molecule has 234 valence electrons. The van der Waals surface area contributed by atoms with Crippen LogP contribution in [0, 0.1) is 0 Å². The van der Waals surface area contributed by atoms with Gasteiger partial charge < -0.3 is 29.3 Å². The molecule has 13 nitrogen and oxygen atoms in total. The van der Waals surface area contributed by atoms with E-state index >= 15 is 4.39 Å². The van der Waals surface area contributed by atoms with Crippen molar-refractivity contribution in [2.75, 3.05) is 19.8 Å². The Balaban J connectivity index is 0.000000592. The molecule has 2 aromatic rings. The van der Waals surface area contributed by atoms with Gasteiger partial charge in [-0.1, -0.05) is 16.9 Å². The molecular formula is C23H27F5N3O10P. The number of rotatable bonds is 12. The monoisotopic (exact) mass is 631 g/mol. The van der Waals surface area contributed by atoms with Crippen LogP contribution in [-0.2, 0) is 14.3 Å². The molecule has 0 saturated carbocycles. The fraction of sp³-hybridized carbons (Fsp3) is 0.522. The minimum atomic E-state index is -2.73. The van der Waals surface area contributed by atoms with Gasteiger partial charge in [-0.3, -0.25) is 18.9 Å². The molecular weight excluding hydrogens is 604 g/mol. The first kappa shape index (κ1) is 34.8. The van der Waals surface area contributed by atoms with Crippen LogP contribution in [0.25, 0.3) is 0 Å². The second-order valence-corrected chi connectivity index (χ2v) is 9.57. The molecule has 1 aromatic heterocycles. The molecule has 6 atom stereocenters. The summed E-state index contributed by atoms with van der Waals surface area (Å²) in [6, 6.07) is 5.72. The molecule has 0 spiro atoms. The number of carbonyl (C=O) groups is 1.